The molecular weight excluding hydrogens is 344 g/mol. The van der Waals surface area contributed by atoms with Crippen molar-refractivity contribution in [3.05, 3.63) is 65.2 Å². The van der Waals surface area contributed by atoms with E-state index in [2.05, 4.69) is 5.32 Å². The molecule has 3 rings (SSSR count). The Balaban J connectivity index is 1.66. The van der Waals surface area contributed by atoms with Crippen LogP contribution >= 0.6 is 0 Å². The molecule has 1 saturated heterocycles. The van der Waals surface area contributed by atoms with Crippen molar-refractivity contribution in [2.24, 2.45) is 0 Å². The number of aryl methyl sites for hydroxylation is 2. The highest BCUT2D eigenvalue weighted by molar-refractivity contribution is 6.07. The summed E-state index contributed by atoms with van der Waals surface area (Å²) in [7, 11) is 0. The first kappa shape index (κ1) is 18.9. The van der Waals surface area contributed by atoms with E-state index in [0.717, 1.165) is 16.0 Å². The van der Waals surface area contributed by atoms with Gasteiger partial charge in [-0.3, -0.25) is 9.69 Å². The van der Waals surface area contributed by atoms with Gasteiger partial charge in [0, 0.05) is 0 Å². The van der Waals surface area contributed by atoms with E-state index in [9.17, 15) is 14.7 Å². The first-order valence-electron chi connectivity index (χ1n) is 8.89. The average molecular weight is 368 g/mol. The van der Waals surface area contributed by atoms with Crippen molar-refractivity contribution >= 4 is 11.9 Å². The molecule has 1 aliphatic heterocycles. The van der Waals surface area contributed by atoms with Crippen LogP contribution in [-0.2, 0) is 10.3 Å². The van der Waals surface area contributed by atoms with E-state index < -0.39 is 17.7 Å². The van der Waals surface area contributed by atoms with Gasteiger partial charge in [0.25, 0.3) is 5.91 Å². The Labute approximate surface area is 158 Å². The third kappa shape index (κ3) is 3.80. The molecular formula is C21H24N2O4. The van der Waals surface area contributed by atoms with Crippen LogP contribution in [0, 0.1) is 13.8 Å². The summed E-state index contributed by atoms with van der Waals surface area (Å²) in [6.45, 7) is 5.41. The van der Waals surface area contributed by atoms with Crippen LogP contribution in [0.2, 0.25) is 0 Å². The summed E-state index contributed by atoms with van der Waals surface area (Å²) in [5, 5.41) is 13.0. The van der Waals surface area contributed by atoms with Crippen LogP contribution in [0.3, 0.4) is 0 Å². The number of urea groups is 1. The van der Waals surface area contributed by atoms with Crippen molar-refractivity contribution in [1.82, 2.24) is 10.2 Å². The monoisotopic (exact) mass is 368 g/mol. The number of hydrogen-bond acceptors (Lipinski definition) is 4. The van der Waals surface area contributed by atoms with Crippen LogP contribution in [0.5, 0.6) is 5.75 Å². The Hall–Kier alpha value is -2.86. The van der Waals surface area contributed by atoms with Gasteiger partial charge in [-0.25, -0.2) is 4.79 Å². The average Bonchev–Trinajstić information content (AvgIpc) is 2.87. The highest BCUT2D eigenvalue weighted by atomic mass is 16.5. The number of nitrogens with zero attached hydrogens (tertiary/aromatic N) is 1. The largest absolute Gasteiger partial charge is 0.491 e. The normalized spacial score (nSPS) is 20.5. The van der Waals surface area contributed by atoms with Crippen LogP contribution in [-0.4, -0.2) is 41.2 Å². The number of aliphatic hydroxyl groups is 1. The molecule has 1 fully saturated rings. The van der Waals surface area contributed by atoms with E-state index >= 15 is 0 Å². The second-order valence-corrected chi connectivity index (χ2v) is 7.07. The summed E-state index contributed by atoms with van der Waals surface area (Å²) in [6, 6.07) is 14.4. The van der Waals surface area contributed by atoms with Gasteiger partial charge in [-0.15, -0.1) is 0 Å². The number of carbonyl (C=O) groups excluding carboxylic acids is 2. The van der Waals surface area contributed by atoms with E-state index in [4.69, 9.17) is 4.74 Å². The summed E-state index contributed by atoms with van der Waals surface area (Å²) in [6.07, 6.45) is -0.988. The number of rotatable bonds is 6. The topological polar surface area (TPSA) is 78.9 Å². The first-order valence-corrected chi connectivity index (χ1v) is 8.89. The number of imide groups is 1. The fourth-order valence-corrected chi connectivity index (χ4v) is 3.14. The van der Waals surface area contributed by atoms with Crippen LogP contribution in [0.25, 0.3) is 0 Å². The van der Waals surface area contributed by atoms with Gasteiger partial charge < -0.3 is 15.2 Å². The predicted octanol–water partition coefficient (Wildman–Crippen LogP) is 2.51. The highest BCUT2D eigenvalue weighted by Gasteiger charge is 2.49. The van der Waals surface area contributed by atoms with Gasteiger partial charge in [0.1, 0.15) is 24.0 Å². The number of benzene rings is 2. The lowest BCUT2D eigenvalue weighted by Crippen LogP contribution is -2.42. The molecule has 1 aliphatic rings. The maximum Gasteiger partial charge on any atom is 0.325 e. The molecule has 3 amide bonds. The molecule has 0 radical (unpaired) electrons. The zero-order valence-corrected chi connectivity index (χ0v) is 15.7. The number of ether oxygens (including phenoxy) is 1. The van der Waals surface area contributed by atoms with Crippen molar-refractivity contribution in [2.75, 3.05) is 13.2 Å². The Kier molecular flexibility index (Phi) is 5.19. The van der Waals surface area contributed by atoms with Crippen molar-refractivity contribution in [3.63, 3.8) is 0 Å². The summed E-state index contributed by atoms with van der Waals surface area (Å²) in [4.78, 5) is 26.2. The molecule has 1 heterocycles. The molecule has 0 aliphatic carbocycles. The number of carbonyl (C=O) groups is 2. The smallest absolute Gasteiger partial charge is 0.325 e. The zero-order valence-electron chi connectivity index (χ0n) is 15.7. The quantitative estimate of drug-likeness (QED) is 0.768. The van der Waals surface area contributed by atoms with E-state index in [1.165, 1.54) is 0 Å². The summed E-state index contributed by atoms with van der Waals surface area (Å²) >= 11 is 0. The predicted molar refractivity (Wildman–Crippen MR) is 101 cm³/mol. The second-order valence-electron chi connectivity index (χ2n) is 7.07. The lowest BCUT2D eigenvalue weighted by atomic mass is 9.92. The number of nitrogens with one attached hydrogen (secondary N) is 1. The van der Waals surface area contributed by atoms with E-state index in [1.54, 1.807) is 19.1 Å². The third-order valence-corrected chi connectivity index (χ3v) is 4.79. The molecule has 0 unspecified atom stereocenters. The van der Waals surface area contributed by atoms with Gasteiger partial charge in [-0.2, -0.15) is 0 Å². The maximum atomic E-state index is 12.8. The van der Waals surface area contributed by atoms with Gasteiger partial charge >= 0.3 is 6.03 Å². The maximum absolute atomic E-state index is 12.8. The minimum atomic E-state index is -1.13. The number of β-amino-alcohol motifs (C(OH)–C–C–N with tert-alkyl or cyclic N) is 1. The van der Waals surface area contributed by atoms with Crippen LogP contribution in [0.15, 0.2) is 48.5 Å². The van der Waals surface area contributed by atoms with Gasteiger partial charge in [0.05, 0.1) is 6.54 Å². The Bertz CT molecular complexity index is 853. The van der Waals surface area contributed by atoms with E-state index in [0.29, 0.717) is 11.3 Å². The molecule has 0 aromatic heterocycles. The standard InChI is InChI=1S/C21H24N2O4/c1-14-9-10-15(2)18(11-14)27-13-17(24)12-23-19(25)21(3,22-20(23)26)16-7-5-4-6-8-16/h4-11,17,24H,12-13H2,1-3H3,(H,22,26)/t17-,21-/m1/s1. The first-order chi connectivity index (χ1) is 12.8. The highest BCUT2D eigenvalue weighted by Crippen LogP contribution is 2.28. The molecule has 142 valence electrons. The fourth-order valence-electron chi connectivity index (χ4n) is 3.14. The summed E-state index contributed by atoms with van der Waals surface area (Å²) in [5.74, 6) is 0.296. The molecule has 0 bridgehead atoms. The zero-order chi connectivity index (χ0) is 19.6. The minimum absolute atomic E-state index is 0.0105. The molecule has 6 heteroatoms. The Morgan fingerprint density at radius 2 is 1.85 bits per heavy atom. The van der Waals surface area contributed by atoms with Gasteiger partial charge in [-0.1, -0.05) is 42.5 Å². The molecule has 0 saturated carbocycles. The molecule has 2 aromatic carbocycles. The van der Waals surface area contributed by atoms with Crippen molar-refractivity contribution in [2.45, 2.75) is 32.4 Å². The minimum Gasteiger partial charge on any atom is -0.491 e. The SMILES string of the molecule is Cc1ccc(C)c(OC[C@H](O)CN2C(=O)N[C@](C)(c3ccccc3)C2=O)c1. The molecule has 6 nitrogen and oxygen atoms in total. The van der Waals surface area contributed by atoms with Crippen molar-refractivity contribution < 1.29 is 19.4 Å². The van der Waals surface area contributed by atoms with E-state index in [1.807, 2.05) is 50.2 Å². The Morgan fingerprint density at radius 3 is 2.56 bits per heavy atom. The van der Waals surface area contributed by atoms with Gasteiger partial charge in [0.2, 0.25) is 0 Å². The molecule has 27 heavy (non-hydrogen) atoms. The van der Waals surface area contributed by atoms with Crippen molar-refractivity contribution in [1.29, 1.82) is 0 Å². The van der Waals surface area contributed by atoms with E-state index in [-0.39, 0.29) is 19.1 Å². The summed E-state index contributed by atoms with van der Waals surface area (Å²) < 4.78 is 5.68. The number of amides is 3. The second kappa shape index (κ2) is 7.40. The van der Waals surface area contributed by atoms with Gasteiger partial charge in [-0.05, 0) is 43.5 Å². The summed E-state index contributed by atoms with van der Waals surface area (Å²) in [5.41, 5.74) is 1.58. The number of aliphatic hydroxyl groups excluding tert-OH is 1. The lowest BCUT2D eigenvalue weighted by Gasteiger charge is -2.23. The fraction of sp³-hybridized carbons (Fsp3) is 0.333. The Morgan fingerprint density at radius 1 is 1.15 bits per heavy atom. The van der Waals surface area contributed by atoms with Crippen LogP contribution < -0.4 is 10.1 Å². The molecule has 2 N–H and O–H groups in total. The van der Waals surface area contributed by atoms with Crippen LogP contribution in [0.4, 0.5) is 4.79 Å². The number of hydrogen-bond donors (Lipinski definition) is 2. The molecule has 2 atom stereocenters. The van der Waals surface area contributed by atoms with Crippen LogP contribution in [0.1, 0.15) is 23.6 Å². The third-order valence-electron chi connectivity index (χ3n) is 4.79. The van der Waals surface area contributed by atoms with Gasteiger partial charge in [0.15, 0.2) is 0 Å². The lowest BCUT2D eigenvalue weighted by molar-refractivity contribution is -0.132. The molecule has 2 aromatic rings. The van der Waals surface area contributed by atoms with Crippen molar-refractivity contribution in [3.8, 4) is 5.75 Å². The molecule has 0 spiro atoms.